The molecule has 1 aromatic rings. The number of carbonyl (C=O) groups is 1. The second kappa shape index (κ2) is 9.34. The molecule has 1 atom stereocenters. The van der Waals surface area contributed by atoms with E-state index in [1.54, 1.807) is 11.8 Å². The second-order valence-electron chi connectivity index (χ2n) is 5.57. The minimum atomic E-state index is 0. The lowest BCUT2D eigenvalue weighted by Crippen LogP contribution is -2.38. The highest BCUT2D eigenvalue weighted by Crippen LogP contribution is 2.22. The summed E-state index contributed by atoms with van der Waals surface area (Å²) in [5.41, 5.74) is 2.51. The first-order chi connectivity index (χ1) is 9.65. The molecule has 0 spiro atoms. The van der Waals surface area contributed by atoms with Crippen molar-refractivity contribution in [2.75, 3.05) is 25.4 Å². The Bertz CT molecular complexity index is 462. The maximum atomic E-state index is 11.9. The number of thioether (sulfide) groups is 1. The maximum Gasteiger partial charge on any atom is 0.230 e. The number of aryl methyl sites for hydroxylation is 2. The fraction of sp³-hybridized carbons (Fsp3) is 0.562. The summed E-state index contributed by atoms with van der Waals surface area (Å²) in [6.45, 7) is 7.14. The predicted molar refractivity (Wildman–Crippen MR) is 92.5 cm³/mol. The van der Waals surface area contributed by atoms with Gasteiger partial charge >= 0.3 is 0 Å². The van der Waals surface area contributed by atoms with E-state index in [4.69, 9.17) is 0 Å². The van der Waals surface area contributed by atoms with Crippen molar-refractivity contribution in [1.29, 1.82) is 0 Å². The molecule has 1 aromatic carbocycles. The molecule has 1 unspecified atom stereocenters. The van der Waals surface area contributed by atoms with Crippen molar-refractivity contribution >= 4 is 30.1 Å². The molecule has 0 bridgehead atoms. The highest BCUT2D eigenvalue weighted by Gasteiger charge is 2.13. The lowest BCUT2D eigenvalue weighted by Gasteiger charge is -2.22. The van der Waals surface area contributed by atoms with E-state index < -0.39 is 0 Å². The van der Waals surface area contributed by atoms with Crippen LogP contribution in [0.25, 0.3) is 0 Å². The van der Waals surface area contributed by atoms with E-state index in [1.165, 1.54) is 28.9 Å². The van der Waals surface area contributed by atoms with Crippen LogP contribution in [-0.2, 0) is 4.79 Å². The largest absolute Gasteiger partial charge is 0.355 e. The van der Waals surface area contributed by atoms with E-state index in [9.17, 15) is 4.79 Å². The number of rotatable bonds is 5. The summed E-state index contributed by atoms with van der Waals surface area (Å²) < 4.78 is 0. The lowest BCUT2D eigenvalue weighted by atomic mass is 10.00. The number of hydrogen-bond donors (Lipinski definition) is 2. The van der Waals surface area contributed by atoms with Crippen LogP contribution in [-0.4, -0.2) is 31.3 Å². The van der Waals surface area contributed by atoms with Crippen LogP contribution in [0.3, 0.4) is 0 Å². The molecule has 2 rings (SSSR count). The Labute approximate surface area is 138 Å². The Morgan fingerprint density at radius 2 is 2.24 bits per heavy atom. The zero-order chi connectivity index (χ0) is 14.4. The quantitative estimate of drug-likeness (QED) is 0.817. The van der Waals surface area contributed by atoms with Crippen LogP contribution in [0.4, 0.5) is 0 Å². The molecule has 1 amide bonds. The average Bonchev–Trinajstić information content (AvgIpc) is 2.45. The van der Waals surface area contributed by atoms with Gasteiger partial charge in [0.25, 0.3) is 0 Å². The number of carbonyl (C=O) groups excluding carboxylic acids is 1. The first-order valence-electron chi connectivity index (χ1n) is 7.32. The molecule has 21 heavy (non-hydrogen) atoms. The van der Waals surface area contributed by atoms with Gasteiger partial charge in [0.15, 0.2) is 0 Å². The number of amides is 1. The van der Waals surface area contributed by atoms with E-state index in [0.29, 0.717) is 11.7 Å². The zero-order valence-corrected chi connectivity index (χ0v) is 14.4. The molecular formula is C16H25ClN2OS. The Morgan fingerprint density at radius 1 is 1.43 bits per heavy atom. The molecule has 1 heterocycles. The van der Waals surface area contributed by atoms with Crippen LogP contribution in [0.5, 0.6) is 0 Å². The van der Waals surface area contributed by atoms with Crippen molar-refractivity contribution < 1.29 is 4.79 Å². The summed E-state index contributed by atoms with van der Waals surface area (Å²) in [6.07, 6.45) is 2.44. The third-order valence-electron chi connectivity index (χ3n) is 3.68. The van der Waals surface area contributed by atoms with Crippen molar-refractivity contribution in [3.63, 3.8) is 0 Å². The molecule has 0 aromatic heterocycles. The molecule has 3 nitrogen and oxygen atoms in total. The zero-order valence-electron chi connectivity index (χ0n) is 12.8. The SMILES string of the molecule is Cc1ccc(SCC(=O)NCC2CCCNC2)c(C)c1.Cl. The van der Waals surface area contributed by atoms with Crippen LogP contribution in [0.2, 0.25) is 0 Å². The summed E-state index contributed by atoms with van der Waals surface area (Å²) in [7, 11) is 0. The number of hydrogen-bond acceptors (Lipinski definition) is 3. The molecule has 1 aliphatic heterocycles. The predicted octanol–water partition coefficient (Wildman–Crippen LogP) is 2.93. The van der Waals surface area contributed by atoms with Gasteiger partial charge in [0.05, 0.1) is 5.75 Å². The smallest absolute Gasteiger partial charge is 0.230 e. The van der Waals surface area contributed by atoms with Crippen LogP contribution in [0, 0.1) is 19.8 Å². The molecule has 1 fully saturated rings. The van der Waals surface area contributed by atoms with E-state index in [0.717, 1.165) is 19.6 Å². The Kier molecular flexibility index (Phi) is 8.15. The van der Waals surface area contributed by atoms with Crippen LogP contribution >= 0.6 is 24.2 Å². The number of halogens is 1. The molecule has 0 saturated carbocycles. The molecule has 118 valence electrons. The van der Waals surface area contributed by atoms with Gasteiger partial charge in [-0.1, -0.05) is 17.7 Å². The third-order valence-corrected chi connectivity index (χ3v) is 4.85. The van der Waals surface area contributed by atoms with E-state index in [2.05, 4.69) is 42.7 Å². The molecule has 0 aliphatic carbocycles. The normalized spacial score (nSPS) is 17.9. The van der Waals surface area contributed by atoms with Crippen molar-refractivity contribution in [2.24, 2.45) is 5.92 Å². The number of nitrogens with one attached hydrogen (secondary N) is 2. The standard InChI is InChI=1S/C16H24N2OS.ClH/c1-12-5-6-15(13(2)8-12)20-11-16(19)18-10-14-4-3-7-17-9-14;/h5-6,8,14,17H,3-4,7,9-11H2,1-2H3,(H,18,19);1H. The van der Waals surface area contributed by atoms with Crippen LogP contribution in [0.1, 0.15) is 24.0 Å². The average molecular weight is 329 g/mol. The summed E-state index contributed by atoms with van der Waals surface area (Å²) in [4.78, 5) is 13.1. The highest BCUT2D eigenvalue weighted by molar-refractivity contribution is 8.00. The second-order valence-corrected chi connectivity index (χ2v) is 6.59. The fourth-order valence-electron chi connectivity index (χ4n) is 2.51. The Morgan fingerprint density at radius 3 is 2.90 bits per heavy atom. The topological polar surface area (TPSA) is 41.1 Å². The molecular weight excluding hydrogens is 304 g/mol. The summed E-state index contributed by atoms with van der Waals surface area (Å²) in [6, 6.07) is 6.36. The lowest BCUT2D eigenvalue weighted by molar-refractivity contribution is -0.118. The molecule has 0 radical (unpaired) electrons. The van der Waals surface area contributed by atoms with E-state index >= 15 is 0 Å². The summed E-state index contributed by atoms with van der Waals surface area (Å²) in [5.74, 6) is 1.24. The first kappa shape index (κ1) is 18.3. The highest BCUT2D eigenvalue weighted by atomic mass is 35.5. The minimum Gasteiger partial charge on any atom is -0.355 e. The van der Waals surface area contributed by atoms with E-state index in [1.807, 2.05) is 0 Å². The number of piperidine rings is 1. The van der Waals surface area contributed by atoms with Crippen molar-refractivity contribution in [3.8, 4) is 0 Å². The van der Waals surface area contributed by atoms with Crippen molar-refractivity contribution in [3.05, 3.63) is 29.3 Å². The van der Waals surface area contributed by atoms with Gasteiger partial charge in [-0.05, 0) is 57.3 Å². The van der Waals surface area contributed by atoms with Gasteiger partial charge in [-0.2, -0.15) is 0 Å². The Hall–Kier alpha value is -0.710. The number of benzene rings is 1. The molecule has 2 N–H and O–H groups in total. The van der Waals surface area contributed by atoms with Crippen LogP contribution < -0.4 is 10.6 Å². The monoisotopic (exact) mass is 328 g/mol. The van der Waals surface area contributed by atoms with Gasteiger partial charge in [0.1, 0.15) is 0 Å². The first-order valence-corrected chi connectivity index (χ1v) is 8.31. The fourth-order valence-corrected chi connectivity index (χ4v) is 3.35. The summed E-state index contributed by atoms with van der Waals surface area (Å²) >= 11 is 1.62. The van der Waals surface area contributed by atoms with Gasteiger partial charge in [-0.3, -0.25) is 4.79 Å². The molecule has 1 saturated heterocycles. The third kappa shape index (κ3) is 6.29. The Balaban J connectivity index is 0.00000220. The minimum absolute atomic E-state index is 0. The summed E-state index contributed by atoms with van der Waals surface area (Å²) in [5, 5.41) is 6.43. The van der Waals surface area contributed by atoms with Gasteiger partial charge in [0.2, 0.25) is 5.91 Å². The van der Waals surface area contributed by atoms with Crippen LogP contribution in [0.15, 0.2) is 23.1 Å². The molecule has 5 heteroatoms. The van der Waals surface area contributed by atoms with Crippen molar-refractivity contribution in [1.82, 2.24) is 10.6 Å². The van der Waals surface area contributed by atoms with Gasteiger partial charge in [-0.15, -0.1) is 24.2 Å². The van der Waals surface area contributed by atoms with Gasteiger partial charge in [0, 0.05) is 11.4 Å². The van der Waals surface area contributed by atoms with Crippen molar-refractivity contribution in [2.45, 2.75) is 31.6 Å². The maximum absolute atomic E-state index is 11.9. The van der Waals surface area contributed by atoms with Gasteiger partial charge < -0.3 is 10.6 Å². The van der Waals surface area contributed by atoms with E-state index in [-0.39, 0.29) is 18.3 Å². The molecule has 1 aliphatic rings. The van der Waals surface area contributed by atoms with Gasteiger partial charge in [-0.25, -0.2) is 0 Å².